The zero-order valence-corrected chi connectivity index (χ0v) is 12.6. The fourth-order valence-corrected chi connectivity index (χ4v) is 2.40. The van der Waals surface area contributed by atoms with Gasteiger partial charge in [0.1, 0.15) is 14.1 Å². The van der Waals surface area contributed by atoms with Crippen LogP contribution >= 0.6 is 0 Å². The first kappa shape index (κ1) is 13.7. The summed E-state index contributed by atoms with van der Waals surface area (Å²) in [6.07, 6.45) is 5.42. The molecule has 0 aliphatic carbocycles. The molecule has 2 rings (SSSR count). The van der Waals surface area contributed by atoms with Gasteiger partial charge in [-0.05, 0) is 30.4 Å². The van der Waals surface area contributed by atoms with Crippen LogP contribution in [0.4, 0.5) is 0 Å². The Morgan fingerprint density at radius 3 is 2.16 bits per heavy atom. The molecule has 0 aliphatic rings. The molecule has 2 aromatic rings. The highest BCUT2D eigenvalue weighted by molar-refractivity contribution is 5.49. The third kappa shape index (κ3) is 3.19. The van der Waals surface area contributed by atoms with E-state index in [4.69, 9.17) is 0 Å². The fraction of sp³-hybridized carbons (Fsp3) is 0.412. The summed E-state index contributed by atoms with van der Waals surface area (Å²) in [7, 11) is 4.21. The quantitative estimate of drug-likeness (QED) is 0.746. The molecule has 0 saturated carbocycles. The molecule has 0 unspecified atom stereocenters. The van der Waals surface area contributed by atoms with Gasteiger partial charge in [-0.1, -0.05) is 13.8 Å². The lowest BCUT2D eigenvalue weighted by Gasteiger charge is -2.06. The Balaban J connectivity index is 2.51. The van der Waals surface area contributed by atoms with E-state index in [-0.39, 0.29) is 0 Å². The summed E-state index contributed by atoms with van der Waals surface area (Å²) >= 11 is 0. The van der Waals surface area contributed by atoms with E-state index >= 15 is 0 Å². The number of nitrogens with zero attached hydrogens (tertiary/aromatic N) is 2. The average Bonchev–Trinajstić information content (AvgIpc) is 2.34. The van der Waals surface area contributed by atoms with E-state index in [0.29, 0.717) is 5.92 Å². The van der Waals surface area contributed by atoms with Crippen molar-refractivity contribution in [1.82, 2.24) is 0 Å². The smallest absolute Gasteiger partial charge is 0.196 e. The number of hydrogen-bond acceptors (Lipinski definition) is 0. The lowest BCUT2D eigenvalue weighted by molar-refractivity contribution is -0.690. The highest BCUT2D eigenvalue weighted by atomic mass is 15.0. The monoisotopic (exact) mass is 256 g/mol. The Morgan fingerprint density at radius 1 is 0.947 bits per heavy atom. The van der Waals surface area contributed by atoms with E-state index in [1.807, 2.05) is 0 Å². The van der Waals surface area contributed by atoms with Crippen LogP contribution in [0.2, 0.25) is 0 Å². The van der Waals surface area contributed by atoms with Crippen LogP contribution in [0.15, 0.2) is 36.7 Å². The van der Waals surface area contributed by atoms with Gasteiger partial charge in [0.2, 0.25) is 0 Å². The van der Waals surface area contributed by atoms with E-state index in [1.165, 1.54) is 22.5 Å². The van der Waals surface area contributed by atoms with Crippen molar-refractivity contribution >= 4 is 0 Å². The summed E-state index contributed by atoms with van der Waals surface area (Å²) < 4.78 is 4.38. The minimum absolute atomic E-state index is 0.687. The minimum Gasteiger partial charge on any atom is -0.196 e. The van der Waals surface area contributed by atoms with Gasteiger partial charge in [-0.25, -0.2) is 0 Å². The predicted molar refractivity (Wildman–Crippen MR) is 77.5 cm³/mol. The molecule has 0 fully saturated rings. The summed E-state index contributed by atoms with van der Waals surface area (Å²) in [5.74, 6) is 0.687. The molecule has 0 N–H and O–H groups in total. The number of aryl methyl sites for hydroxylation is 3. The molecule has 0 amide bonds. The zero-order valence-electron chi connectivity index (χ0n) is 12.6. The maximum atomic E-state index is 2.31. The Labute approximate surface area is 116 Å². The topological polar surface area (TPSA) is 7.76 Å². The van der Waals surface area contributed by atoms with Crippen molar-refractivity contribution < 1.29 is 9.13 Å². The second kappa shape index (κ2) is 5.52. The van der Waals surface area contributed by atoms with Crippen molar-refractivity contribution in [2.24, 2.45) is 20.0 Å². The van der Waals surface area contributed by atoms with Crippen molar-refractivity contribution in [2.45, 2.75) is 27.2 Å². The summed E-state index contributed by atoms with van der Waals surface area (Å²) in [6, 6.07) is 8.92. The maximum Gasteiger partial charge on any atom is 0.277 e. The molecule has 2 aromatic heterocycles. The molecular weight excluding hydrogens is 232 g/mol. The number of pyridine rings is 2. The van der Waals surface area contributed by atoms with Gasteiger partial charge in [-0.15, -0.1) is 0 Å². The second-order valence-corrected chi connectivity index (χ2v) is 5.83. The summed E-state index contributed by atoms with van der Waals surface area (Å²) in [5.41, 5.74) is 5.23. The molecule has 2 heteroatoms. The van der Waals surface area contributed by atoms with Crippen LogP contribution in [-0.4, -0.2) is 0 Å². The molecular formula is C17H24N2+2. The Hall–Kier alpha value is -1.70. The van der Waals surface area contributed by atoms with Gasteiger partial charge < -0.3 is 0 Å². The van der Waals surface area contributed by atoms with E-state index in [0.717, 1.165) is 6.42 Å². The van der Waals surface area contributed by atoms with Gasteiger partial charge in [0.05, 0.1) is 0 Å². The van der Waals surface area contributed by atoms with Crippen LogP contribution in [0.25, 0.3) is 11.4 Å². The van der Waals surface area contributed by atoms with Crippen molar-refractivity contribution in [3.8, 4) is 11.4 Å². The Bertz CT molecular complexity index is 586. The fourth-order valence-electron chi connectivity index (χ4n) is 2.40. The molecule has 19 heavy (non-hydrogen) atoms. The molecule has 100 valence electrons. The molecule has 0 aliphatic heterocycles. The standard InChI is InChI=1S/C17H24N2/c1-13(2)10-15-7-9-19(5)17(12-15)16-11-14(3)6-8-18(16)4/h6-9,11-13H,10H2,1-5H3/q+2. The molecule has 0 spiro atoms. The van der Waals surface area contributed by atoms with Gasteiger partial charge in [0, 0.05) is 24.3 Å². The van der Waals surface area contributed by atoms with Crippen molar-refractivity contribution in [1.29, 1.82) is 0 Å². The van der Waals surface area contributed by atoms with Crippen molar-refractivity contribution in [3.63, 3.8) is 0 Å². The van der Waals surface area contributed by atoms with E-state index in [9.17, 15) is 0 Å². The highest BCUT2D eigenvalue weighted by Gasteiger charge is 2.20. The Morgan fingerprint density at radius 2 is 1.53 bits per heavy atom. The summed E-state index contributed by atoms with van der Waals surface area (Å²) in [6.45, 7) is 6.67. The highest BCUT2D eigenvalue weighted by Crippen LogP contribution is 2.15. The molecule has 0 aromatic carbocycles. The van der Waals surface area contributed by atoms with Crippen LogP contribution in [-0.2, 0) is 20.5 Å². The zero-order chi connectivity index (χ0) is 14.0. The first-order valence-corrected chi connectivity index (χ1v) is 6.92. The third-order valence-electron chi connectivity index (χ3n) is 3.43. The molecule has 0 saturated heterocycles. The van der Waals surface area contributed by atoms with E-state index in [2.05, 4.69) is 80.7 Å². The normalized spacial score (nSPS) is 11.1. The van der Waals surface area contributed by atoms with Gasteiger partial charge in [0.25, 0.3) is 11.4 Å². The Kier molecular flexibility index (Phi) is 3.98. The van der Waals surface area contributed by atoms with Crippen LogP contribution in [0.1, 0.15) is 25.0 Å². The SMILES string of the molecule is Cc1cc[n+](C)c(-c2cc(CC(C)C)cc[n+]2C)c1. The lowest BCUT2D eigenvalue weighted by Crippen LogP contribution is -2.38. The van der Waals surface area contributed by atoms with Crippen LogP contribution < -0.4 is 9.13 Å². The van der Waals surface area contributed by atoms with Crippen molar-refractivity contribution in [3.05, 3.63) is 47.8 Å². The first-order chi connectivity index (χ1) is 8.97. The number of aromatic nitrogens is 2. The van der Waals surface area contributed by atoms with Gasteiger partial charge >= 0.3 is 0 Å². The largest absolute Gasteiger partial charge is 0.277 e. The molecule has 2 heterocycles. The predicted octanol–water partition coefficient (Wildman–Crippen LogP) is 2.51. The maximum absolute atomic E-state index is 2.31. The summed E-state index contributed by atoms with van der Waals surface area (Å²) in [5, 5.41) is 0. The van der Waals surface area contributed by atoms with Crippen molar-refractivity contribution in [2.75, 3.05) is 0 Å². The second-order valence-electron chi connectivity index (χ2n) is 5.83. The van der Waals surface area contributed by atoms with Gasteiger partial charge in [0.15, 0.2) is 12.4 Å². The van der Waals surface area contributed by atoms with Gasteiger partial charge in [-0.3, -0.25) is 0 Å². The number of rotatable bonds is 3. The van der Waals surface area contributed by atoms with Crippen LogP contribution in [0, 0.1) is 12.8 Å². The third-order valence-corrected chi connectivity index (χ3v) is 3.43. The molecule has 0 bridgehead atoms. The summed E-state index contributed by atoms with van der Waals surface area (Å²) in [4.78, 5) is 0. The molecule has 2 nitrogen and oxygen atoms in total. The van der Waals surface area contributed by atoms with E-state index in [1.54, 1.807) is 0 Å². The molecule has 0 radical (unpaired) electrons. The average molecular weight is 256 g/mol. The first-order valence-electron chi connectivity index (χ1n) is 6.92. The van der Waals surface area contributed by atoms with Crippen LogP contribution in [0.5, 0.6) is 0 Å². The number of hydrogen-bond donors (Lipinski definition) is 0. The lowest BCUT2D eigenvalue weighted by atomic mass is 10.0. The minimum atomic E-state index is 0.687. The molecule has 0 atom stereocenters. The van der Waals surface area contributed by atoms with E-state index < -0.39 is 0 Å². The van der Waals surface area contributed by atoms with Gasteiger partial charge in [-0.2, -0.15) is 9.13 Å². The van der Waals surface area contributed by atoms with Crippen LogP contribution in [0.3, 0.4) is 0 Å².